The molecule has 0 aliphatic carbocycles. The molecule has 7 nitrogen and oxygen atoms in total. The number of rotatable bonds is 6. The van der Waals surface area contributed by atoms with Gasteiger partial charge in [-0.25, -0.2) is 0 Å². The van der Waals surface area contributed by atoms with Crippen LogP contribution < -0.4 is 10.6 Å². The molecule has 10 heteroatoms. The van der Waals surface area contributed by atoms with Crippen LogP contribution in [-0.2, 0) is 4.12 Å². The van der Waals surface area contributed by atoms with Gasteiger partial charge in [0.15, 0.2) is 16.6 Å². The monoisotopic (exact) mass is 601 g/mol. The maximum Gasteiger partial charge on any atom is 0.255 e. The molecule has 40 heavy (non-hydrogen) atoms. The largest absolute Gasteiger partial charge is 0.507 e. The van der Waals surface area contributed by atoms with Gasteiger partial charge in [-0.3, -0.25) is 9.79 Å². The third-order valence-electron chi connectivity index (χ3n) is 6.70. The van der Waals surface area contributed by atoms with E-state index in [1.165, 1.54) is 12.1 Å². The van der Waals surface area contributed by atoms with Crippen molar-refractivity contribution in [1.29, 1.82) is 0 Å². The molecule has 3 rings (SSSR count). The number of carbonyl (C=O) groups is 1. The van der Waals surface area contributed by atoms with Crippen LogP contribution in [0.5, 0.6) is 11.5 Å². The first-order valence-electron chi connectivity index (χ1n) is 14.5. The predicted octanol–water partition coefficient (Wildman–Crippen LogP) is 6.80. The number of hydrogen-bond acceptors (Lipinski definition) is 6. The van der Waals surface area contributed by atoms with Gasteiger partial charge in [0, 0.05) is 27.7 Å². The first-order valence-corrected chi connectivity index (χ1v) is 24.5. The fraction of sp³-hybridized carbons (Fsp3) is 0.533. The van der Waals surface area contributed by atoms with Crippen molar-refractivity contribution in [3.8, 4) is 11.5 Å². The minimum absolute atomic E-state index is 0.0372. The summed E-state index contributed by atoms with van der Waals surface area (Å²) in [5, 5.41) is 25.9. The van der Waals surface area contributed by atoms with Gasteiger partial charge in [0.1, 0.15) is 17.3 Å². The summed E-state index contributed by atoms with van der Waals surface area (Å²) >= 11 is 0. The van der Waals surface area contributed by atoms with E-state index in [4.69, 9.17) is 9.11 Å². The lowest BCUT2D eigenvalue weighted by molar-refractivity contribution is 0.0951. The molecule has 4 N–H and O–H groups in total. The lowest BCUT2D eigenvalue weighted by atomic mass is 10.2. The van der Waals surface area contributed by atoms with Crippen LogP contribution >= 0.6 is 0 Å². The van der Waals surface area contributed by atoms with Gasteiger partial charge in [0.2, 0.25) is 0 Å². The van der Waals surface area contributed by atoms with E-state index in [1.54, 1.807) is 24.3 Å². The average Bonchev–Trinajstić information content (AvgIpc) is 2.85. The van der Waals surface area contributed by atoms with Gasteiger partial charge >= 0.3 is 0 Å². The minimum atomic E-state index is -1.59. The third kappa shape index (κ3) is 12.8. The lowest BCUT2D eigenvalue weighted by Gasteiger charge is -2.34. The zero-order chi connectivity index (χ0) is 29.8. The van der Waals surface area contributed by atoms with Gasteiger partial charge in [-0.1, -0.05) is 50.0 Å². The zero-order valence-electron chi connectivity index (χ0n) is 25.6. The normalized spacial score (nSPS) is 17.5. The van der Waals surface area contributed by atoms with Crippen molar-refractivity contribution in [2.45, 2.75) is 83.2 Å². The molecule has 1 heterocycles. The van der Waals surface area contributed by atoms with Crippen molar-refractivity contribution in [1.82, 2.24) is 10.6 Å². The second-order valence-electron chi connectivity index (χ2n) is 12.9. The molecule has 2 aromatic carbocycles. The van der Waals surface area contributed by atoms with E-state index < -0.39 is 24.7 Å². The Morgan fingerprint density at radius 2 is 1.55 bits per heavy atom. The van der Waals surface area contributed by atoms with Crippen LogP contribution in [0.1, 0.15) is 35.2 Å². The molecule has 2 aromatic rings. The van der Waals surface area contributed by atoms with E-state index in [9.17, 15) is 15.0 Å². The summed E-state index contributed by atoms with van der Waals surface area (Å²) in [6, 6.07) is 17.5. The summed E-state index contributed by atoms with van der Waals surface area (Å²) in [4.78, 5) is 16.4. The van der Waals surface area contributed by atoms with Crippen molar-refractivity contribution in [2.75, 3.05) is 19.6 Å². The smallest absolute Gasteiger partial charge is 0.255 e. The van der Waals surface area contributed by atoms with E-state index in [-0.39, 0.29) is 11.7 Å². The SMILES string of the molecule is C[Si](C)(C)CCCNC(=O)c1ccccc1O.C[Si]1(C)CCCN=C(c2ccccc2O)NCCC[Si](C)(C)O1. The number of carbonyl (C=O) groups excluding carboxylic acids is 1. The number of hydrogen-bond donors (Lipinski definition) is 4. The maximum absolute atomic E-state index is 11.7. The Hall–Kier alpha value is -2.41. The highest BCUT2D eigenvalue weighted by Gasteiger charge is 2.32. The van der Waals surface area contributed by atoms with Gasteiger partial charge in [-0.15, -0.1) is 0 Å². The molecule has 0 spiro atoms. The van der Waals surface area contributed by atoms with Crippen LogP contribution in [-0.4, -0.2) is 66.3 Å². The number of phenolic OH excluding ortho intramolecular Hbond substituents is 2. The number of phenols is 2. The minimum Gasteiger partial charge on any atom is -0.507 e. The van der Waals surface area contributed by atoms with Gasteiger partial charge in [0.05, 0.1) is 11.1 Å². The van der Waals surface area contributed by atoms with E-state index in [1.807, 2.05) is 18.2 Å². The molecular weight excluding hydrogens is 551 g/mol. The molecule has 0 saturated heterocycles. The molecule has 0 radical (unpaired) electrons. The Morgan fingerprint density at radius 3 is 2.17 bits per heavy atom. The highest BCUT2D eigenvalue weighted by atomic mass is 28.4. The number of amidine groups is 1. The molecule has 0 atom stereocenters. The van der Waals surface area contributed by atoms with Crippen LogP contribution in [0.15, 0.2) is 53.5 Å². The zero-order valence-corrected chi connectivity index (χ0v) is 28.6. The summed E-state index contributed by atoms with van der Waals surface area (Å²) in [6.07, 6.45) is 3.13. The number of para-hydroxylation sites is 2. The summed E-state index contributed by atoms with van der Waals surface area (Å²) in [6.45, 7) is 18.6. The van der Waals surface area contributed by atoms with Gasteiger partial charge in [-0.05, 0) is 81.8 Å². The molecule has 222 valence electrons. The number of amides is 1. The van der Waals surface area contributed by atoms with Crippen molar-refractivity contribution >= 4 is 36.5 Å². The Labute approximate surface area is 244 Å². The van der Waals surface area contributed by atoms with Crippen LogP contribution in [0.25, 0.3) is 0 Å². The molecule has 1 amide bonds. The quantitative estimate of drug-likeness (QED) is 0.215. The lowest BCUT2D eigenvalue weighted by Crippen LogP contribution is -2.44. The van der Waals surface area contributed by atoms with Crippen molar-refractivity contribution in [3.63, 3.8) is 0 Å². The van der Waals surface area contributed by atoms with Crippen LogP contribution in [0.4, 0.5) is 0 Å². The Morgan fingerprint density at radius 1 is 0.950 bits per heavy atom. The van der Waals surface area contributed by atoms with E-state index in [0.29, 0.717) is 17.9 Å². The summed E-state index contributed by atoms with van der Waals surface area (Å²) in [5.74, 6) is 0.955. The number of aliphatic imine (C=N–C) groups is 1. The molecule has 0 aromatic heterocycles. The molecule has 1 aliphatic heterocycles. The summed E-state index contributed by atoms with van der Waals surface area (Å²) in [5.41, 5.74) is 1.15. The topological polar surface area (TPSA) is 103 Å². The maximum atomic E-state index is 11.7. The van der Waals surface area contributed by atoms with E-state index in [0.717, 1.165) is 55.8 Å². The second kappa shape index (κ2) is 15.6. The second-order valence-corrected chi connectivity index (χ2v) is 27.4. The summed E-state index contributed by atoms with van der Waals surface area (Å²) in [7, 11) is -4.19. The highest BCUT2D eigenvalue weighted by Crippen LogP contribution is 2.24. The molecule has 1 aliphatic rings. The van der Waals surface area contributed by atoms with Crippen LogP contribution in [0.2, 0.25) is 64.0 Å². The Kier molecular flexibility index (Phi) is 13.1. The van der Waals surface area contributed by atoms with Gasteiger partial charge in [0.25, 0.3) is 5.91 Å². The Balaban J connectivity index is 0.000000294. The fourth-order valence-electron chi connectivity index (χ4n) is 4.76. The Bertz CT molecular complexity index is 1120. The van der Waals surface area contributed by atoms with Crippen LogP contribution in [0, 0.1) is 0 Å². The van der Waals surface area contributed by atoms with Crippen molar-refractivity contribution in [2.24, 2.45) is 4.99 Å². The van der Waals surface area contributed by atoms with Crippen LogP contribution in [0.3, 0.4) is 0 Å². The van der Waals surface area contributed by atoms with E-state index >= 15 is 0 Å². The molecule has 0 fully saturated rings. The number of aromatic hydroxyl groups is 2. The first-order chi connectivity index (χ1) is 18.7. The van der Waals surface area contributed by atoms with Gasteiger partial charge < -0.3 is 25.0 Å². The third-order valence-corrected chi connectivity index (χ3v) is 16.1. The highest BCUT2D eigenvalue weighted by molar-refractivity contribution is 6.84. The average molecular weight is 602 g/mol. The number of nitrogens with one attached hydrogen (secondary N) is 2. The molecular formula is C30H51N3O4Si3. The molecule has 0 saturated carbocycles. The van der Waals surface area contributed by atoms with Gasteiger partial charge in [-0.2, -0.15) is 0 Å². The predicted molar refractivity (Wildman–Crippen MR) is 176 cm³/mol. The van der Waals surface area contributed by atoms with Crippen molar-refractivity contribution < 1.29 is 19.1 Å². The number of nitrogens with zero attached hydrogens (tertiary/aromatic N) is 1. The fourth-order valence-corrected chi connectivity index (χ4v) is 14.8. The summed E-state index contributed by atoms with van der Waals surface area (Å²) < 4.78 is 6.59. The van der Waals surface area contributed by atoms with E-state index in [2.05, 4.69) is 56.5 Å². The standard InChI is InChI=1S/C17H30N2O2Si2.C13H21NO2Si/c1-22(2)13-7-11-18-17(15-9-5-6-10-16(15)20)19-12-8-14-23(3,4)21-22;1-17(2,3)10-6-9-14-13(16)11-7-4-5-8-12(11)15/h5-6,9-10,20H,7-8,11-14H2,1-4H3,(H,18,19);4-5,7-8,15H,6,9-10H2,1-3H3,(H,14,16). The molecule has 0 unspecified atom stereocenters. The van der Waals surface area contributed by atoms with Crippen molar-refractivity contribution in [3.05, 3.63) is 59.7 Å². The molecule has 0 bridgehead atoms. The number of benzene rings is 2. The first kappa shape index (κ1) is 33.8.